The van der Waals surface area contributed by atoms with Crippen LogP contribution in [0, 0.1) is 0 Å². The van der Waals surface area contributed by atoms with Crippen molar-refractivity contribution < 1.29 is 4.42 Å². The van der Waals surface area contributed by atoms with Crippen LogP contribution in [0.1, 0.15) is 43.6 Å². The van der Waals surface area contributed by atoms with Gasteiger partial charge in [-0.2, -0.15) is 0 Å². The summed E-state index contributed by atoms with van der Waals surface area (Å²) in [6.07, 6.45) is 10.5. The Bertz CT molecular complexity index is 248. The van der Waals surface area contributed by atoms with Gasteiger partial charge in [0.1, 0.15) is 6.26 Å². The van der Waals surface area contributed by atoms with E-state index in [2.05, 4.69) is 15.9 Å². The highest BCUT2D eigenvalue weighted by molar-refractivity contribution is 9.10. The largest absolute Gasteiger partial charge is 0.471 e. The predicted octanol–water partition coefficient (Wildman–Crippen LogP) is 4.09. The van der Waals surface area contributed by atoms with E-state index in [0.29, 0.717) is 0 Å². The highest BCUT2D eigenvalue weighted by Crippen LogP contribution is 2.36. The third-order valence-electron chi connectivity index (χ3n) is 2.69. The zero-order chi connectivity index (χ0) is 8.39. The first-order chi connectivity index (χ1) is 5.88. The molecule has 0 amide bonds. The molecule has 0 N–H and O–H groups in total. The van der Waals surface area contributed by atoms with Crippen molar-refractivity contribution in [3.05, 3.63) is 22.6 Å². The number of rotatable bonds is 1. The molecule has 2 heteroatoms. The first kappa shape index (κ1) is 8.36. The fourth-order valence-electron chi connectivity index (χ4n) is 2.00. The Morgan fingerprint density at radius 1 is 1.17 bits per heavy atom. The van der Waals surface area contributed by atoms with Gasteiger partial charge in [0.2, 0.25) is 0 Å². The van der Waals surface area contributed by atoms with Crippen molar-refractivity contribution in [3.63, 3.8) is 0 Å². The molecule has 1 aromatic rings. The van der Waals surface area contributed by atoms with Gasteiger partial charge in [0.05, 0.1) is 10.7 Å². The minimum absolute atomic E-state index is 0.742. The molecule has 0 radical (unpaired) electrons. The molecular weight excluding hydrogens is 216 g/mol. The molecule has 1 heterocycles. The maximum Gasteiger partial charge on any atom is 0.105 e. The van der Waals surface area contributed by atoms with E-state index in [1.54, 1.807) is 6.26 Å². The second-order valence-corrected chi connectivity index (χ2v) is 4.36. The molecule has 0 bridgehead atoms. The second kappa shape index (κ2) is 3.65. The maximum atomic E-state index is 5.15. The molecule has 12 heavy (non-hydrogen) atoms. The second-order valence-electron chi connectivity index (χ2n) is 3.51. The van der Waals surface area contributed by atoms with Gasteiger partial charge in [-0.15, -0.1) is 0 Å². The lowest BCUT2D eigenvalue weighted by Crippen LogP contribution is -2.03. The van der Waals surface area contributed by atoms with E-state index in [4.69, 9.17) is 4.42 Å². The van der Waals surface area contributed by atoms with Gasteiger partial charge in [-0.25, -0.2) is 0 Å². The lowest BCUT2D eigenvalue weighted by molar-refractivity contribution is 0.438. The summed E-state index contributed by atoms with van der Waals surface area (Å²) in [7, 11) is 0. The summed E-state index contributed by atoms with van der Waals surface area (Å²) in [6, 6.07) is 0. The summed E-state index contributed by atoms with van der Waals surface area (Å²) in [5.74, 6) is 0.742. The van der Waals surface area contributed by atoms with E-state index in [9.17, 15) is 0 Å². The molecule has 1 aliphatic carbocycles. The summed E-state index contributed by atoms with van der Waals surface area (Å²) >= 11 is 3.51. The van der Waals surface area contributed by atoms with Crippen molar-refractivity contribution in [3.8, 4) is 0 Å². The first-order valence-electron chi connectivity index (χ1n) is 4.59. The van der Waals surface area contributed by atoms with Crippen LogP contribution in [0.3, 0.4) is 0 Å². The van der Waals surface area contributed by atoms with Crippen LogP contribution in [0.4, 0.5) is 0 Å². The van der Waals surface area contributed by atoms with Gasteiger partial charge in [0.15, 0.2) is 0 Å². The number of hydrogen-bond acceptors (Lipinski definition) is 1. The third-order valence-corrected chi connectivity index (χ3v) is 3.33. The van der Waals surface area contributed by atoms with Crippen molar-refractivity contribution in [2.75, 3.05) is 0 Å². The predicted molar refractivity (Wildman–Crippen MR) is 52.2 cm³/mol. The maximum absolute atomic E-state index is 5.15. The van der Waals surface area contributed by atoms with E-state index in [0.717, 1.165) is 10.4 Å². The smallest absolute Gasteiger partial charge is 0.105 e. The Balaban J connectivity index is 2.13. The van der Waals surface area contributed by atoms with Crippen LogP contribution < -0.4 is 0 Å². The normalized spacial score (nSPS) is 19.8. The average molecular weight is 229 g/mol. The molecule has 0 saturated heterocycles. The summed E-state index contributed by atoms with van der Waals surface area (Å²) < 4.78 is 6.30. The van der Waals surface area contributed by atoms with Gasteiger partial charge < -0.3 is 4.42 Å². The van der Waals surface area contributed by atoms with Crippen molar-refractivity contribution in [1.29, 1.82) is 0 Å². The van der Waals surface area contributed by atoms with E-state index in [1.807, 2.05) is 6.26 Å². The van der Waals surface area contributed by atoms with Gasteiger partial charge in [-0.1, -0.05) is 19.3 Å². The van der Waals surface area contributed by atoms with Crippen LogP contribution in [0.2, 0.25) is 0 Å². The Labute approximate surface area is 81.3 Å². The molecule has 1 fully saturated rings. The molecule has 0 spiro atoms. The lowest BCUT2D eigenvalue weighted by Gasteiger charge is -2.20. The van der Waals surface area contributed by atoms with Crippen molar-refractivity contribution >= 4 is 15.9 Å². The summed E-state index contributed by atoms with van der Waals surface area (Å²) in [6.45, 7) is 0. The molecule has 1 saturated carbocycles. The fourth-order valence-corrected chi connectivity index (χ4v) is 2.52. The van der Waals surface area contributed by atoms with Gasteiger partial charge in [0, 0.05) is 5.56 Å². The molecule has 0 aromatic carbocycles. The van der Waals surface area contributed by atoms with Crippen LogP contribution in [0.5, 0.6) is 0 Å². The molecule has 1 aromatic heterocycles. The minimum Gasteiger partial charge on any atom is -0.471 e. The zero-order valence-electron chi connectivity index (χ0n) is 7.05. The van der Waals surface area contributed by atoms with E-state index < -0.39 is 0 Å². The van der Waals surface area contributed by atoms with E-state index >= 15 is 0 Å². The minimum atomic E-state index is 0.742. The average Bonchev–Trinajstić information content (AvgIpc) is 2.53. The quantitative estimate of drug-likeness (QED) is 0.706. The molecule has 0 unspecified atom stereocenters. The number of halogens is 1. The SMILES string of the molecule is Brc1cocc1C1CCCCC1. The van der Waals surface area contributed by atoms with Crippen LogP contribution in [0.25, 0.3) is 0 Å². The van der Waals surface area contributed by atoms with E-state index in [-0.39, 0.29) is 0 Å². The number of furan rings is 1. The van der Waals surface area contributed by atoms with Gasteiger partial charge >= 0.3 is 0 Å². The van der Waals surface area contributed by atoms with Crippen molar-refractivity contribution in [2.45, 2.75) is 38.0 Å². The van der Waals surface area contributed by atoms with Crippen LogP contribution in [-0.4, -0.2) is 0 Å². The van der Waals surface area contributed by atoms with Gasteiger partial charge in [0.25, 0.3) is 0 Å². The Hall–Kier alpha value is -0.240. The van der Waals surface area contributed by atoms with Gasteiger partial charge in [-0.05, 0) is 34.7 Å². The lowest BCUT2D eigenvalue weighted by atomic mass is 9.85. The first-order valence-corrected chi connectivity index (χ1v) is 5.39. The van der Waals surface area contributed by atoms with Crippen LogP contribution in [-0.2, 0) is 0 Å². The third kappa shape index (κ3) is 1.58. The Morgan fingerprint density at radius 3 is 2.50 bits per heavy atom. The molecule has 0 atom stereocenters. The molecule has 2 rings (SSSR count). The molecule has 1 nitrogen and oxygen atoms in total. The van der Waals surface area contributed by atoms with Crippen LogP contribution in [0.15, 0.2) is 21.4 Å². The zero-order valence-corrected chi connectivity index (χ0v) is 8.64. The highest BCUT2D eigenvalue weighted by atomic mass is 79.9. The molecule has 66 valence electrons. The van der Waals surface area contributed by atoms with Gasteiger partial charge in [-0.3, -0.25) is 0 Å². The summed E-state index contributed by atoms with van der Waals surface area (Å²) in [5, 5.41) is 0. The molecular formula is C10H13BrO. The summed E-state index contributed by atoms with van der Waals surface area (Å²) in [4.78, 5) is 0. The fraction of sp³-hybridized carbons (Fsp3) is 0.600. The topological polar surface area (TPSA) is 13.1 Å². The Morgan fingerprint density at radius 2 is 1.92 bits per heavy atom. The van der Waals surface area contributed by atoms with E-state index in [1.165, 1.54) is 37.7 Å². The summed E-state index contributed by atoms with van der Waals surface area (Å²) in [5.41, 5.74) is 1.37. The van der Waals surface area contributed by atoms with Crippen LogP contribution >= 0.6 is 15.9 Å². The molecule has 0 aliphatic heterocycles. The standard InChI is InChI=1S/C10H13BrO/c11-10-7-12-6-9(10)8-4-2-1-3-5-8/h6-8H,1-5H2. The number of hydrogen-bond donors (Lipinski definition) is 0. The highest BCUT2D eigenvalue weighted by Gasteiger charge is 2.18. The Kier molecular flexibility index (Phi) is 2.54. The monoisotopic (exact) mass is 228 g/mol. The molecule has 1 aliphatic rings. The van der Waals surface area contributed by atoms with Crippen molar-refractivity contribution in [2.24, 2.45) is 0 Å². The van der Waals surface area contributed by atoms with Crippen molar-refractivity contribution in [1.82, 2.24) is 0 Å².